The molecule has 1 saturated heterocycles. The molecule has 6 nitrogen and oxygen atoms in total. The van der Waals surface area contributed by atoms with E-state index in [0.29, 0.717) is 23.7 Å². The second-order valence-electron chi connectivity index (χ2n) is 6.87. The van der Waals surface area contributed by atoms with Crippen molar-refractivity contribution in [3.8, 4) is 0 Å². The van der Waals surface area contributed by atoms with E-state index in [1.165, 1.54) is 6.07 Å². The zero-order chi connectivity index (χ0) is 18.7. The molecule has 1 aromatic carbocycles. The van der Waals surface area contributed by atoms with Crippen LogP contribution in [-0.2, 0) is 6.54 Å². The third-order valence-corrected chi connectivity index (χ3v) is 5.72. The lowest BCUT2D eigenvalue weighted by Gasteiger charge is -2.31. The minimum Gasteiger partial charge on any atom is -0.366 e. The fraction of sp³-hybridized carbons (Fsp3) is 0.421. The van der Waals surface area contributed by atoms with Gasteiger partial charge in [-0.1, -0.05) is 13.0 Å². The number of carbonyl (C=O) groups excluding carboxylic acids is 1. The predicted molar refractivity (Wildman–Crippen MR) is 104 cm³/mol. The summed E-state index contributed by atoms with van der Waals surface area (Å²) in [6.45, 7) is 4.33. The van der Waals surface area contributed by atoms with Gasteiger partial charge in [0.05, 0.1) is 11.5 Å². The van der Waals surface area contributed by atoms with Gasteiger partial charge < -0.3 is 9.80 Å². The average Bonchev–Trinajstić information content (AvgIpc) is 3.14. The van der Waals surface area contributed by atoms with Crippen LogP contribution in [0, 0.1) is 16.0 Å². The van der Waals surface area contributed by atoms with Crippen LogP contribution in [0.5, 0.6) is 0 Å². The van der Waals surface area contributed by atoms with Crippen LogP contribution in [0.2, 0.25) is 0 Å². The number of piperidine rings is 1. The number of nitro benzene ring substituents is 1. The largest absolute Gasteiger partial charge is 0.366 e. The zero-order valence-electron chi connectivity index (χ0n) is 15.1. The van der Waals surface area contributed by atoms with Gasteiger partial charge in [-0.05, 0) is 42.3 Å². The Morgan fingerprint density at radius 1 is 1.35 bits per heavy atom. The van der Waals surface area contributed by atoms with Crippen LogP contribution in [0.15, 0.2) is 35.7 Å². The second-order valence-corrected chi connectivity index (χ2v) is 7.90. The first-order valence-corrected chi connectivity index (χ1v) is 9.65. The lowest BCUT2D eigenvalue weighted by Crippen LogP contribution is -2.33. The van der Waals surface area contributed by atoms with Crippen molar-refractivity contribution in [2.45, 2.75) is 26.3 Å². The Kier molecular flexibility index (Phi) is 5.56. The minimum absolute atomic E-state index is 0.00919. The Morgan fingerprint density at radius 2 is 2.08 bits per heavy atom. The van der Waals surface area contributed by atoms with E-state index in [4.69, 9.17) is 0 Å². The van der Waals surface area contributed by atoms with Crippen molar-refractivity contribution < 1.29 is 9.72 Å². The van der Waals surface area contributed by atoms with E-state index in [0.717, 1.165) is 30.8 Å². The fourth-order valence-electron chi connectivity index (χ4n) is 3.25. The quantitative estimate of drug-likeness (QED) is 0.583. The number of thiophene rings is 1. The van der Waals surface area contributed by atoms with Gasteiger partial charge in [-0.3, -0.25) is 14.9 Å². The summed E-state index contributed by atoms with van der Waals surface area (Å²) in [5, 5.41) is 13.6. The lowest BCUT2D eigenvalue weighted by molar-refractivity contribution is -0.384. The summed E-state index contributed by atoms with van der Waals surface area (Å²) in [7, 11) is 1.72. The van der Waals surface area contributed by atoms with E-state index in [1.54, 1.807) is 35.4 Å². The van der Waals surface area contributed by atoms with Gasteiger partial charge in [-0.15, -0.1) is 11.3 Å². The number of hydrogen-bond acceptors (Lipinski definition) is 5. The Hall–Kier alpha value is -2.41. The monoisotopic (exact) mass is 373 g/mol. The number of carbonyl (C=O) groups is 1. The molecule has 2 aromatic rings. The maximum absolute atomic E-state index is 12.7. The van der Waals surface area contributed by atoms with Gasteiger partial charge in [0, 0.05) is 36.6 Å². The van der Waals surface area contributed by atoms with Crippen molar-refractivity contribution in [3.63, 3.8) is 0 Å². The summed E-state index contributed by atoms with van der Waals surface area (Å²) in [4.78, 5) is 28.6. The van der Waals surface area contributed by atoms with Crippen LogP contribution in [0.3, 0.4) is 0 Å². The molecule has 0 unspecified atom stereocenters. The molecule has 3 rings (SSSR count). The number of nitrogens with zero attached hydrogens (tertiary/aromatic N) is 3. The predicted octanol–water partition coefficient (Wildman–Crippen LogP) is 4.16. The number of nitro groups is 1. The van der Waals surface area contributed by atoms with Crippen molar-refractivity contribution >= 4 is 28.6 Å². The molecule has 1 aromatic heterocycles. The van der Waals surface area contributed by atoms with Crippen LogP contribution >= 0.6 is 11.3 Å². The van der Waals surface area contributed by atoms with E-state index in [2.05, 4.69) is 11.8 Å². The third kappa shape index (κ3) is 4.04. The van der Waals surface area contributed by atoms with Crippen molar-refractivity contribution in [1.29, 1.82) is 0 Å². The van der Waals surface area contributed by atoms with Crippen LogP contribution < -0.4 is 4.90 Å². The molecule has 0 radical (unpaired) electrons. The molecular weight excluding hydrogens is 350 g/mol. The van der Waals surface area contributed by atoms with Gasteiger partial charge in [0.1, 0.15) is 5.69 Å². The molecule has 1 aliphatic heterocycles. The van der Waals surface area contributed by atoms with E-state index in [1.807, 2.05) is 17.5 Å². The molecule has 26 heavy (non-hydrogen) atoms. The Labute approximate surface area is 157 Å². The molecule has 0 N–H and O–H groups in total. The standard InChI is InChI=1S/C19H23N3O3S/c1-14-7-9-21(10-8-14)17-6-5-15(12-18(17)22(24)25)19(23)20(2)13-16-4-3-11-26-16/h3-6,11-12,14H,7-10,13H2,1-2H3. The SMILES string of the molecule is CC1CCN(c2ccc(C(=O)N(C)Cc3cccs3)cc2[N+](=O)[O-])CC1. The van der Waals surface area contributed by atoms with Crippen molar-refractivity contribution in [1.82, 2.24) is 4.90 Å². The van der Waals surface area contributed by atoms with E-state index < -0.39 is 0 Å². The topological polar surface area (TPSA) is 66.7 Å². The maximum atomic E-state index is 12.7. The summed E-state index contributed by atoms with van der Waals surface area (Å²) in [6.07, 6.45) is 2.06. The Morgan fingerprint density at radius 3 is 2.69 bits per heavy atom. The van der Waals surface area contributed by atoms with Crippen LogP contribution in [0.1, 0.15) is 35.0 Å². The van der Waals surface area contributed by atoms with Crippen molar-refractivity contribution in [2.75, 3.05) is 25.0 Å². The smallest absolute Gasteiger partial charge is 0.293 e. The maximum Gasteiger partial charge on any atom is 0.293 e. The van der Waals surface area contributed by atoms with Crippen LogP contribution in [0.4, 0.5) is 11.4 Å². The molecule has 7 heteroatoms. The molecule has 0 saturated carbocycles. The van der Waals surface area contributed by atoms with Gasteiger partial charge in [-0.2, -0.15) is 0 Å². The van der Waals surface area contributed by atoms with E-state index in [-0.39, 0.29) is 16.5 Å². The Bertz CT molecular complexity index is 783. The van der Waals surface area contributed by atoms with Crippen LogP contribution in [0.25, 0.3) is 0 Å². The Balaban J connectivity index is 1.81. The highest BCUT2D eigenvalue weighted by atomic mass is 32.1. The molecular formula is C19H23N3O3S. The summed E-state index contributed by atoms with van der Waals surface area (Å²) in [5.41, 5.74) is 0.971. The highest BCUT2D eigenvalue weighted by molar-refractivity contribution is 7.09. The molecule has 0 spiro atoms. The highest BCUT2D eigenvalue weighted by Crippen LogP contribution is 2.32. The molecule has 1 fully saturated rings. The number of anilines is 1. The summed E-state index contributed by atoms with van der Waals surface area (Å²) in [5.74, 6) is 0.442. The van der Waals surface area contributed by atoms with Gasteiger partial charge in [-0.25, -0.2) is 0 Å². The lowest BCUT2D eigenvalue weighted by atomic mass is 9.98. The summed E-state index contributed by atoms with van der Waals surface area (Å²) >= 11 is 1.58. The first-order chi connectivity index (χ1) is 12.5. The molecule has 0 atom stereocenters. The first kappa shape index (κ1) is 18.4. The highest BCUT2D eigenvalue weighted by Gasteiger charge is 2.25. The minimum atomic E-state index is -0.385. The van der Waals surface area contributed by atoms with Crippen molar-refractivity contribution in [3.05, 3.63) is 56.3 Å². The number of benzene rings is 1. The van der Waals surface area contributed by atoms with Gasteiger partial charge >= 0.3 is 0 Å². The molecule has 0 bridgehead atoms. The molecule has 2 heterocycles. The molecule has 138 valence electrons. The molecule has 0 aliphatic carbocycles. The summed E-state index contributed by atoms with van der Waals surface area (Å²) < 4.78 is 0. The van der Waals surface area contributed by atoms with Gasteiger partial charge in [0.15, 0.2) is 0 Å². The van der Waals surface area contributed by atoms with E-state index in [9.17, 15) is 14.9 Å². The van der Waals surface area contributed by atoms with Crippen molar-refractivity contribution in [2.24, 2.45) is 5.92 Å². The first-order valence-electron chi connectivity index (χ1n) is 8.77. The average molecular weight is 373 g/mol. The third-order valence-electron chi connectivity index (χ3n) is 4.86. The number of amides is 1. The fourth-order valence-corrected chi connectivity index (χ4v) is 4.01. The number of hydrogen-bond donors (Lipinski definition) is 0. The van der Waals surface area contributed by atoms with E-state index >= 15 is 0 Å². The number of rotatable bonds is 5. The normalized spacial score (nSPS) is 15.1. The molecule has 1 amide bonds. The second kappa shape index (κ2) is 7.86. The summed E-state index contributed by atoms with van der Waals surface area (Å²) in [6, 6.07) is 8.75. The van der Waals surface area contributed by atoms with Gasteiger partial charge in [0.25, 0.3) is 11.6 Å². The molecule has 1 aliphatic rings. The van der Waals surface area contributed by atoms with Gasteiger partial charge in [0.2, 0.25) is 0 Å². The zero-order valence-corrected chi connectivity index (χ0v) is 15.9. The van der Waals surface area contributed by atoms with Crippen LogP contribution in [-0.4, -0.2) is 35.9 Å².